The summed E-state index contributed by atoms with van der Waals surface area (Å²) in [5.41, 5.74) is 0.0204. The highest BCUT2D eigenvalue weighted by Gasteiger charge is 2.19. The first-order valence-corrected chi connectivity index (χ1v) is 9.01. The van der Waals surface area contributed by atoms with E-state index in [2.05, 4.69) is 4.98 Å². The summed E-state index contributed by atoms with van der Waals surface area (Å²) >= 11 is 0. The average molecular weight is 396 g/mol. The van der Waals surface area contributed by atoms with Crippen LogP contribution < -0.4 is 11.2 Å². The molecule has 150 valence electrons. The molecule has 1 N–H and O–H groups in total. The molecule has 0 fully saturated rings. The number of hydrogen-bond acceptors (Lipinski definition) is 5. The van der Waals surface area contributed by atoms with Gasteiger partial charge in [0.25, 0.3) is 11.2 Å². The molecule has 3 aromatic rings. The quantitative estimate of drug-likeness (QED) is 0.506. The van der Waals surface area contributed by atoms with Gasteiger partial charge in [0.05, 0.1) is 21.9 Å². The fourth-order valence-electron chi connectivity index (χ4n) is 3.19. The second-order valence-electron chi connectivity index (χ2n) is 6.71. The van der Waals surface area contributed by atoms with Crippen molar-refractivity contribution >= 4 is 22.5 Å². The predicted molar refractivity (Wildman–Crippen MR) is 108 cm³/mol. The molecule has 0 bridgehead atoms. The molecule has 0 aliphatic carbocycles. The maximum atomic E-state index is 12.7. The molecule has 1 unspecified atom stereocenters. The minimum atomic E-state index is -0.573. The summed E-state index contributed by atoms with van der Waals surface area (Å²) in [4.78, 5) is 51.0. The number of nitrogens with zero attached hydrogens (tertiary/aromatic N) is 3. The first-order valence-electron chi connectivity index (χ1n) is 9.01. The smallest absolute Gasteiger partial charge is 0.328 e. The van der Waals surface area contributed by atoms with Gasteiger partial charge in [-0.3, -0.25) is 29.3 Å². The summed E-state index contributed by atoms with van der Waals surface area (Å²) in [7, 11) is 1.61. The molecule has 0 saturated heterocycles. The van der Waals surface area contributed by atoms with E-state index in [9.17, 15) is 24.5 Å². The SMILES string of the molecule is CC(c1cccc([N+](=O)[O-])c1)N(C)C(=O)CCn1c(=O)[nH]c(=O)c2ccccc21. The molecule has 2 aromatic carbocycles. The van der Waals surface area contributed by atoms with Crippen LogP contribution in [0.2, 0.25) is 0 Å². The van der Waals surface area contributed by atoms with Crippen molar-refractivity contribution in [3.63, 3.8) is 0 Å². The van der Waals surface area contributed by atoms with E-state index < -0.39 is 16.2 Å². The van der Waals surface area contributed by atoms with Crippen molar-refractivity contribution in [3.05, 3.63) is 85.0 Å². The molecule has 3 rings (SSSR count). The maximum absolute atomic E-state index is 12.7. The van der Waals surface area contributed by atoms with Crippen LogP contribution in [0.1, 0.15) is 24.9 Å². The molecule has 1 amide bonds. The van der Waals surface area contributed by atoms with Crippen molar-refractivity contribution in [1.82, 2.24) is 14.5 Å². The summed E-state index contributed by atoms with van der Waals surface area (Å²) in [6, 6.07) is 12.4. The fourth-order valence-corrected chi connectivity index (χ4v) is 3.19. The summed E-state index contributed by atoms with van der Waals surface area (Å²) in [6.45, 7) is 1.87. The zero-order chi connectivity index (χ0) is 21.1. The van der Waals surface area contributed by atoms with E-state index in [1.54, 1.807) is 50.4 Å². The summed E-state index contributed by atoms with van der Waals surface area (Å²) in [5.74, 6) is -0.230. The molecular formula is C20H20N4O5. The molecule has 9 heteroatoms. The van der Waals surface area contributed by atoms with Crippen molar-refractivity contribution in [2.45, 2.75) is 25.9 Å². The first kappa shape index (κ1) is 20.0. The third-order valence-corrected chi connectivity index (χ3v) is 4.99. The van der Waals surface area contributed by atoms with Gasteiger partial charge in [0.2, 0.25) is 5.91 Å². The van der Waals surface area contributed by atoms with Crippen LogP contribution in [0, 0.1) is 10.1 Å². The number of nitro groups is 1. The monoisotopic (exact) mass is 396 g/mol. The first-order chi connectivity index (χ1) is 13.8. The van der Waals surface area contributed by atoms with Crippen LogP contribution in [0.25, 0.3) is 10.9 Å². The number of H-pyrrole nitrogens is 1. The Labute approximate surface area is 165 Å². The molecule has 1 heterocycles. The maximum Gasteiger partial charge on any atom is 0.328 e. The van der Waals surface area contributed by atoms with Gasteiger partial charge in [-0.2, -0.15) is 0 Å². The number of non-ortho nitro benzene ring substituents is 1. The second kappa shape index (κ2) is 8.09. The van der Waals surface area contributed by atoms with Crippen molar-refractivity contribution in [1.29, 1.82) is 0 Å². The standard InChI is InChI=1S/C20H20N4O5/c1-13(14-6-5-7-15(12-14)24(28)29)22(2)18(25)10-11-23-17-9-4-3-8-16(17)19(26)21-20(23)27/h3-9,12-13H,10-11H2,1-2H3,(H,21,26,27). The number of hydrogen-bond donors (Lipinski definition) is 1. The Morgan fingerprint density at radius 1 is 1.21 bits per heavy atom. The minimum Gasteiger partial charge on any atom is -0.339 e. The van der Waals surface area contributed by atoms with Crippen molar-refractivity contribution in [2.75, 3.05) is 7.05 Å². The zero-order valence-electron chi connectivity index (χ0n) is 16.0. The zero-order valence-corrected chi connectivity index (χ0v) is 16.0. The molecule has 9 nitrogen and oxygen atoms in total. The van der Waals surface area contributed by atoms with E-state index in [0.717, 1.165) is 0 Å². The molecule has 0 radical (unpaired) electrons. The van der Waals surface area contributed by atoms with E-state index in [1.165, 1.54) is 21.6 Å². The summed E-state index contributed by atoms with van der Waals surface area (Å²) < 4.78 is 1.36. The number of benzene rings is 2. The normalized spacial score (nSPS) is 11.9. The van der Waals surface area contributed by atoms with E-state index >= 15 is 0 Å². The largest absolute Gasteiger partial charge is 0.339 e. The summed E-state index contributed by atoms with van der Waals surface area (Å²) in [6.07, 6.45) is 0.0334. The number of aryl methyl sites for hydroxylation is 1. The van der Waals surface area contributed by atoms with Crippen molar-refractivity contribution < 1.29 is 9.72 Å². The lowest BCUT2D eigenvalue weighted by Gasteiger charge is -2.25. The van der Waals surface area contributed by atoms with Gasteiger partial charge < -0.3 is 4.90 Å². The molecule has 0 spiro atoms. The van der Waals surface area contributed by atoms with Gasteiger partial charge >= 0.3 is 5.69 Å². The van der Waals surface area contributed by atoms with Crippen LogP contribution in [0.4, 0.5) is 5.69 Å². The Morgan fingerprint density at radius 2 is 1.93 bits per heavy atom. The molecule has 1 aromatic heterocycles. The van der Waals surface area contributed by atoms with E-state index in [1.807, 2.05) is 0 Å². The van der Waals surface area contributed by atoms with Gasteiger partial charge in [-0.15, -0.1) is 0 Å². The van der Waals surface area contributed by atoms with Crippen LogP contribution in [0.15, 0.2) is 58.1 Å². The third-order valence-electron chi connectivity index (χ3n) is 4.99. The lowest BCUT2D eigenvalue weighted by atomic mass is 10.1. The lowest BCUT2D eigenvalue weighted by molar-refractivity contribution is -0.384. The fraction of sp³-hybridized carbons (Fsp3) is 0.250. The number of rotatable bonds is 6. The van der Waals surface area contributed by atoms with Crippen LogP contribution >= 0.6 is 0 Å². The number of para-hydroxylation sites is 1. The highest BCUT2D eigenvalue weighted by Crippen LogP contribution is 2.23. The lowest BCUT2D eigenvalue weighted by Crippen LogP contribution is -2.34. The number of carbonyl (C=O) groups excluding carboxylic acids is 1. The molecule has 0 saturated carbocycles. The Kier molecular flexibility index (Phi) is 5.58. The third kappa shape index (κ3) is 4.08. The van der Waals surface area contributed by atoms with Gasteiger partial charge in [0, 0.05) is 32.1 Å². The highest BCUT2D eigenvalue weighted by atomic mass is 16.6. The van der Waals surface area contributed by atoms with Gasteiger partial charge in [-0.1, -0.05) is 24.3 Å². The number of nitro benzene ring substituents is 1. The molecule has 0 aliphatic rings. The minimum absolute atomic E-state index is 0.0334. The number of amides is 1. The number of aromatic amines is 1. The predicted octanol–water partition coefficient (Wildman–Crippen LogP) is 2.21. The molecule has 0 aliphatic heterocycles. The van der Waals surface area contributed by atoms with Crippen molar-refractivity contribution in [3.8, 4) is 0 Å². The van der Waals surface area contributed by atoms with E-state index in [0.29, 0.717) is 16.5 Å². The van der Waals surface area contributed by atoms with Gasteiger partial charge in [0.15, 0.2) is 0 Å². The van der Waals surface area contributed by atoms with Crippen LogP contribution in [-0.2, 0) is 11.3 Å². The van der Waals surface area contributed by atoms with Gasteiger partial charge in [-0.25, -0.2) is 4.79 Å². The van der Waals surface area contributed by atoms with Crippen LogP contribution in [0.5, 0.6) is 0 Å². The van der Waals surface area contributed by atoms with E-state index in [4.69, 9.17) is 0 Å². The molecule has 29 heavy (non-hydrogen) atoms. The molecular weight excluding hydrogens is 376 g/mol. The Morgan fingerprint density at radius 3 is 2.66 bits per heavy atom. The number of nitrogens with one attached hydrogen (secondary N) is 1. The van der Waals surface area contributed by atoms with Gasteiger partial charge in [0.1, 0.15) is 0 Å². The van der Waals surface area contributed by atoms with Crippen LogP contribution in [0.3, 0.4) is 0 Å². The number of aromatic nitrogens is 2. The Bertz CT molecular complexity index is 1200. The van der Waals surface area contributed by atoms with E-state index in [-0.39, 0.29) is 30.6 Å². The number of fused-ring (bicyclic) bond motifs is 1. The van der Waals surface area contributed by atoms with Gasteiger partial charge in [-0.05, 0) is 24.6 Å². The average Bonchev–Trinajstić information content (AvgIpc) is 2.72. The van der Waals surface area contributed by atoms with Crippen molar-refractivity contribution in [2.24, 2.45) is 0 Å². The second-order valence-corrected chi connectivity index (χ2v) is 6.71. The Hall–Kier alpha value is -3.75. The Balaban J connectivity index is 1.78. The highest BCUT2D eigenvalue weighted by molar-refractivity contribution is 5.79. The summed E-state index contributed by atoms with van der Waals surface area (Å²) in [5, 5.41) is 11.3. The molecule has 1 atom stereocenters. The van der Waals surface area contributed by atoms with Crippen LogP contribution in [-0.4, -0.2) is 32.3 Å². The number of carbonyl (C=O) groups is 1. The topological polar surface area (TPSA) is 118 Å².